The highest BCUT2D eigenvalue weighted by Gasteiger charge is 2.21. The van der Waals surface area contributed by atoms with Crippen LogP contribution in [0.5, 0.6) is 11.5 Å². The van der Waals surface area contributed by atoms with Crippen molar-refractivity contribution in [3.8, 4) is 11.5 Å². The quantitative estimate of drug-likeness (QED) is 0.872. The zero-order valence-electron chi connectivity index (χ0n) is 13.5. The summed E-state index contributed by atoms with van der Waals surface area (Å²) in [7, 11) is 3.34. The fraction of sp³-hybridized carbons (Fsp3) is 0.412. The molecule has 3 rings (SSSR count). The van der Waals surface area contributed by atoms with Crippen LogP contribution in [0.2, 0.25) is 0 Å². The van der Waals surface area contributed by atoms with Crippen LogP contribution in [0, 0.1) is 13.8 Å². The number of fused-ring (bicyclic) bond motifs is 1. The van der Waals surface area contributed by atoms with E-state index in [1.54, 1.807) is 20.5 Å². The molecule has 0 saturated heterocycles. The number of methoxy groups -OCH3 is 2. The van der Waals surface area contributed by atoms with Crippen molar-refractivity contribution in [3.05, 3.63) is 40.8 Å². The third-order valence-electron chi connectivity index (χ3n) is 4.33. The van der Waals surface area contributed by atoms with E-state index < -0.39 is 0 Å². The van der Waals surface area contributed by atoms with Gasteiger partial charge in [-0.1, -0.05) is 0 Å². The predicted octanol–water partition coefficient (Wildman–Crippen LogP) is 2.67. The van der Waals surface area contributed by atoms with Gasteiger partial charge in [0.2, 0.25) is 0 Å². The minimum absolute atomic E-state index is 0.777. The lowest BCUT2D eigenvalue weighted by atomic mass is 9.98. The summed E-state index contributed by atoms with van der Waals surface area (Å²) in [6.45, 7) is 5.87. The average molecular weight is 299 g/mol. The summed E-state index contributed by atoms with van der Waals surface area (Å²) < 4.78 is 10.8. The van der Waals surface area contributed by atoms with Crippen LogP contribution in [0.3, 0.4) is 0 Å². The van der Waals surface area contributed by atoms with Gasteiger partial charge in [0.25, 0.3) is 0 Å². The Balaban J connectivity index is 1.95. The number of aromatic nitrogens is 2. The first-order valence-corrected chi connectivity index (χ1v) is 7.41. The summed E-state index contributed by atoms with van der Waals surface area (Å²) in [6, 6.07) is 4.16. The lowest BCUT2D eigenvalue weighted by Gasteiger charge is -2.31. The lowest BCUT2D eigenvalue weighted by Crippen LogP contribution is -2.32. The molecule has 2 aromatic rings. The average Bonchev–Trinajstić information content (AvgIpc) is 2.55. The van der Waals surface area contributed by atoms with Crippen LogP contribution >= 0.6 is 0 Å². The summed E-state index contributed by atoms with van der Waals surface area (Å²) in [5.41, 5.74) is 4.76. The number of rotatable bonds is 3. The zero-order chi connectivity index (χ0) is 15.7. The molecule has 5 heteroatoms. The molecule has 1 aromatic carbocycles. The van der Waals surface area contributed by atoms with Gasteiger partial charge in [0.05, 0.1) is 14.2 Å². The standard InChI is InChI=1S/C17H21N3O2/c1-11-12(2)18-10-19-17(11)20-6-5-13-7-15(21-3)16(22-4)8-14(13)9-20/h7-8,10H,5-6,9H2,1-4H3. The Labute approximate surface area is 130 Å². The molecule has 0 radical (unpaired) electrons. The minimum atomic E-state index is 0.777. The maximum absolute atomic E-state index is 5.42. The summed E-state index contributed by atoms with van der Waals surface area (Å²) in [5, 5.41) is 0. The topological polar surface area (TPSA) is 47.5 Å². The van der Waals surface area contributed by atoms with E-state index in [4.69, 9.17) is 9.47 Å². The number of ether oxygens (including phenoxy) is 2. The van der Waals surface area contributed by atoms with Crippen LogP contribution in [0.4, 0.5) is 5.82 Å². The van der Waals surface area contributed by atoms with Gasteiger partial charge >= 0.3 is 0 Å². The fourth-order valence-electron chi connectivity index (χ4n) is 2.91. The first-order valence-electron chi connectivity index (χ1n) is 7.41. The maximum atomic E-state index is 5.42. The summed E-state index contributed by atoms with van der Waals surface area (Å²) >= 11 is 0. The molecule has 0 aliphatic carbocycles. The highest BCUT2D eigenvalue weighted by molar-refractivity contribution is 5.54. The number of nitrogens with zero attached hydrogens (tertiary/aromatic N) is 3. The first-order chi connectivity index (χ1) is 10.6. The summed E-state index contributed by atoms with van der Waals surface area (Å²) in [5.74, 6) is 2.59. The number of hydrogen-bond acceptors (Lipinski definition) is 5. The monoisotopic (exact) mass is 299 g/mol. The second-order valence-electron chi connectivity index (χ2n) is 5.56. The summed E-state index contributed by atoms with van der Waals surface area (Å²) in [4.78, 5) is 11.0. The van der Waals surface area contributed by atoms with Gasteiger partial charge < -0.3 is 14.4 Å². The molecular weight excluding hydrogens is 278 g/mol. The van der Waals surface area contributed by atoms with Crippen molar-refractivity contribution in [3.63, 3.8) is 0 Å². The van der Waals surface area contributed by atoms with E-state index in [1.165, 1.54) is 11.1 Å². The molecule has 0 fully saturated rings. The maximum Gasteiger partial charge on any atom is 0.161 e. The Morgan fingerprint density at radius 2 is 1.68 bits per heavy atom. The van der Waals surface area contributed by atoms with E-state index in [2.05, 4.69) is 33.9 Å². The van der Waals surface area contributed by atoms with Crippen LogP contribution in [0.1, 0.15) is 22.4 Å². The predicted molar refractivity (Wildman–Crippen MR) is 85.8 cm³/mol. The van der Waals surface area contributed by atoms with Gasteiger partial charge in [-0.15, -0.1) is 0 Å². The molecule has 0 unspecified atom stereocenters. The second-order valence-corrected chi connectivity index (χ2v) is 5.56. The van der Waals surface area contributed by atoms with Gasteiger partial charge in [0, 0.05) is 24.3 Å². The molecular formula is C17H21N3O2. The molecule has 1 aromatic heterocycles. The largest absolute Gasteiger partial charge is 0.493 e. The first kappa shape index (κ1) is 14.6. The third-order valence-corrected chi connectivity index (χ3v) is 4.33. The van der Waals surface area contributed by atoms with Crippen molar-refractivity contribution in [2.75, 3.05) is 25.7 Å². The zero-order valence-corrected chi connectivity index (χ0v) is 13.5. The number of hydrogen-bond donors (Lipinski definition) is 0. The second kappa shape index (κ2) is 5.83. The van der Waals surface area contributed by atoms with Gasteiger partial charge in [-0.05, 0) is 43.5 Å². The number of benzene rings is 1. The van der Waals surface area contributed by atoms with E-state index in [-0.39, 0.29) is 0 Å². The Hall–Kier alpha value is -2.30. The molecule has 1 aliphatic rings. The normalized spacial score (nSPS) is 13.7. The molecule has 0 saturated carbocycles. The Morgan fingerprint density at radius 3 is 2.36 bits per heavy atom. The van der Waals surface area contributed by atoms with Crippen molar-refractivity contribution < 1.29 is 9.47 Å². The van der Waals surface area contributed by atoms with E-state index in [0.717, 1.165) is 48.1 Å². The smallest absolute Gasteiger partial charge is 0.161 e. The number of aryl methyl sites for hydroxylation is 1. The fourth-order valence-corrected chi connectivity index (χ4v) is 2.91. The molecule has 1 aliphatic heterocycles. The van der Waals surface area contributed by atoms with Crippen LogP contribution in [-0.2, 0) is 13.0 Å². The van der Waals surface area contributed by atoms with Crippen molar-refractivity contribution in [2.45, 2.75) is 26.8 Å². The van der Waals surface area contributed by atoms with Crippen LogP contribution in [0.25, 0.3) is 0 Å². The van der Waals surface area contributed by atoms with Crippen molar-refractivity contribution >= 4 is 5.82 Å². The number of anilines is 1. The van der Waals surface area contributed by atoms with Crippen molar-refractivity contribution in [1.29, 1.82) is 0 Å². The van der Waals surface area contributed by atoms with E-state index in [0.29, 0.717) is 0 Å². The van der Waals surface area contributed by atoms with Gasteiger partial charge in [0.15, 0.2) is 11.5 Å². The van der Waals surface area contributed by atoms with Crippen LogP contribution in [-0.4, -0.2) is 30.7 Å². The molecule has 0 N–H and O–H groups in total. The summed E-state index contributed by atoms with van der Waals surface area (Å²) in [6.07, 6.45) is 2.61. The van der Waals surface area contributed by atoms with Crippen LogP contribution in [0.15, 0.2) is 18.5 Å². The van der Waals surface area contributed by atoms with Gasteiger partial charge in [-0.25, -0.2) is 9.97 Å². The van der Waals surface area contributed by atoms with Crippen molar-refractivity contribution in [1.82, 2.24) is 9.97 Å². The SMILES string of the molecule is COc1cc2c(cc1OC)CN(c1ncnc(C)c1C)CC2. The van der Waals surface area contributed by atoms with Crippen LogP contribution < -0.4 is 14.4 Å². The molecule has 0 spiro atoms. The highest BCUT2D eigenvalue weighted by Crippen LogP contribution is 2.34. The Bertz CT molecular complexity index is 701. The van der Waals surface area contributed by atoms with E-state index in [9.17, 15) is 0 Å². The Morgan fingerprint density at radius 1 is 1.00 bits per heavy atom. The van der Waals surface area contributed by atoms with Gasteiger partial charge in [0.1, 0.15) is 12.1 Å². The molecule has 2 heterocycles. The Kier molecular flexibility index (Phi) is 3.88. The molecule has 0 bridgehead atoms. The van der Waals surface area contributed by atoms with Gasteiger partial charge in [-0.3, -0.25) is 0 Å². The van der Waals surface area contributed by atoms with Crippen molar-refractivity contribution in [2.24, 2.45) is 0 Å². The molecule has 0 amide bonds. The minimum Gasteiger partial charge on any atom is -0.493 e. The van der Waals surface area contributed by atoms with Gasteiger partial charge in [-0.2, -0.15) is 0 Å². The van der Waals surface area contributed by atoms with E-state index in [1.807, 2.05) is 6.92 Å². The molecule has 5 nitrogen and oxygen atoms in total. The van der Waals surface area contributed by atoms with E-state index >= 15 is 0 Å². The highest BCUT2D eigenvalue weighted by atomic mass is 16.5. The molecule has 116 valence electrons. The lowest BCUT2D eigenvalue weighted by molar-refractivity contribution is 0.353. The third kappa shape index (κ3) is 2.47. The molecule has 22 heavy (non-hydrogen) atoms. The molecule has 0 atom stereocenters.